The number of carboxylic acid groups (broad SMARTS) is 1. The molecular formula is C14H21N3O3. The highest BCUT2D eigenvalue weighted by atomic mass is 16.4. The Kier molecular flexibility index (Phi) is 6.49. The molecule has 3 N–H and O–H groups in total. The van der Waals surface area contributed by atoms with E-state index in [1.165, 1.54) is 0 Å². The standard InChI is InChI=1S/C14H21N3O3/c1-3-11-5-4-6-15-12(11)9-17-14(20)16-8-10(2)7-13(18)19/h4-6,10H,3,7-9H2,1-2H3,(H,18,19)(H2,16,17,20). The van der Waals surface area contributed by atoms with Crippen LogP contribution in [0.1, 0.15) is 31.5 Å². The highest BCUT2D eigenvalue weighted by Gasteiger charge is 2.09. The lowest BCUT2D eigenvalue weighted by molar-refractivity contribution is -0.137. The van der Waals surface area contributed by atoms with Crippen LogP contribution in [0.15, 0.2) is 18.3 Å². The fourth-order valence-electron chi connectivity index (χ4n) is 1.82. The second kappa shape index (κ2) is 8.14. The van der Waals surface area contributed by atoms with Gasteiger partial charge in [0.25, 0.3) is 0 Å². The third-order valence-corrected chi connectivity index (χ3v) is 2.92. The van der Waals surface area contributed by atoms with E-state index in [0.29, 0.717) is 13.1 Å². The van der Waals surface area contributed by atoms with Crippen LogP contribution in [-0.4, -0.2) is 28.6 Å². The van der Waals surface area contributed by atoms with Crippen molar-refractivity contribution in [2.24, 2.45) is 5.92 Å². The molecule has 6 heteroatoms. The number of aryl methyl sites for hydroxylation is 1. The number of nitrogens with one attached hydrogen (secondary N) is 2. The summed E-state index contributed by atoms with van der Waals surface area (Å²) in [5, 5.41) is 14.0. The van der Waals surface area contributed by atoms with Crippen LogP contribution in [0.25, 0.3) is 0 Å². The van der Waals surface area contributed by atoms with Gasteiger partial charge in [-0.1, -0.05) is 19.9 Å². The van der Waals surface area contributed by atoms with Gasteiger partial charge in [0.1, 0.15) is 0 Å². The summed E-state index contributed by atoms with van der Waals surface area (Å²) in [6.45, 7) is 4.51. The molecule has 0 aromatic carbocycles. The maximum atomic E-state index is 11.6. The van der Waals surface area contributed by atoms with Crippen molar-refractivity contribution in [1.29, 1.82) is 0 Å². The predicted molar refractivity (Wildman–Crippen MR) is 75.3 cm³/mol. The van der Waals surface area contributed by atoms with Crippen LogP contribution in [-0.2, 0) is 17.8 Å². The molecule has 1 atom stereocenters. The van der Waals surface area contributed by atoms with E-state index < -0.39 is 5.97 Å². The summed E-state index contributed by atoms with van der Waals surface area (Å²) in [6.07, 6.45) is 2.60. The van der Waals surface area contributed by atoms with Gasteiger partial charge in [-0.15, -0.1) is 0 Å². The van der Waals surface area contributed by atoms with Gasteiger partial charge >= 0.3 is 12.0 Å². The van der Waals surface area contributed by atoms with Gasteiger partial charge in [-0.05, 0) is 24.0 Å². The van der Waals surface area contributed by atoms with Gasteiger partial charge in [-0.3, -0.25) is 9.78 Å². The number of aliphatic carboxylic acids is 1. The van der Waals surface area contributed by atoms with Gasteiger partial charge in [0.15, 0.2) is 0 Å². The molecule has 1 aromatic rings. The summed E-state index contributed by atoms with van der Waals surface area (Å²) in [6, 6.07) is 3.54. The van der Waals surface area contributed by atoms with E-state index >= 15 is 0 Å². The molecule has 20 heavy (non-hydrogen) atoms. The number of hydrogen-bond acceptors (Lipinski definition) is 3. The Labute approximate surface area is 118 Å². The summed E-state index contributed by atoms with van der Waals surface area (Å²) in [5.74, 6) is -0.958. The first-order valence-electron chi connectivity index (χ1n) is 6.69. The van der Waals surface area contributed by atoms with Crippen molar-refractivity contribution in [2.45, 2.75) is 33.2 Å². The van der Waals surface area contributed by atoms with Crippen LogP contribution < -0.4 is 10.6 Å². The maximum absolute atomic E-state index is 11.6. The average molecular weight is 279 g/mol. The monoisotopic (exact) mass is 279 g/mol. The second-order valence-corrected chi connectivity index (χ2v) is 4.73. The number of aromatic nitrogens is 1. The first kappa shape index (κ1) is 15.9. The van der Waals surface area contributed by atoms with Crippen LogP contribution in [0.3, 0.4) is 0 Å². The Morgan fingerprint density at radius 2 is 2.15 bits per heavy atom. The average Bonchev–Trinajstić information content (AvgIpc) is 2.42. The Balaban J connectivity index is 2.34. The Morgan fingerprint density at radius 3 is 2.80 bits per heavy atom. The summed E-state index contributed by atoms with van der Waals surface area (Å²) >= 11 is 0. The lowest BCUT2D eigenvalue weighted by Crippen LogP contribution is -2.38. The SMILES string of the molecule is CCc1cccnc1CNC(=O)NCC(C)CC(=O)O. The molecule has 6 nitrogen and oxygen atoms in total. The number of carboxylic acids is 1. The quantitative estimate of drug-likeness (QED) is 0.706. The van der Waals surface area contributed by atoms with Crippen LogP contribution in [0.2, 0.25) is 0 Å². The minimum absolute atomic E-state index is 0.0422. The summed E-state index contributed by atoms with van der Waals surface area (Å²) < 4.78 is 0. The van der Waals surface area contributed by atoms with Gasteiger partial charge in [0.05, 0.1) is 12.2 Å². The molecule has 1 rings (SSSR count). The van der Waals surface area contributed by atoms with Crippen molar-refractivity contribution < 1.29 is 14.7 Å². The molecule has 0 bridgehead atoms. The highest BCUT2D eigenvalue weighted by Crippen LogP contribution is 2.05. The van der Waals surface area contributed by atoms with Crippen LogP contribution in [0, 0.1) is 5.92 Å². The molecule has 1 heterocycles. The topological polar surface area (TPSA) is 91.3 Å². The number of hydrogen-bond donors (Lipinski definition) is 3. The number of rotatable bonds is 7. The minimum atomic E-state index is -0.860. The van der Waals surface area contributed by atoms with E-state index in [1.54, 1.807) is 13.1 Å². The zero-order valence-electron chi connectivity index (χ0n) is 11.8. The Morgan fingerprint density at radius 1 is 1.40 bits per heavy atom. The van der Waals surface area contributed by atoms with E-state index in [0.717, 1.165) is 17.7 Å². The lowest BCUT2D eigenvalue weighted by atomic mass is 10.1. The van der Waals surface area contributed by atoms with Crippen molar-refractivity contribution in [3.05, 3.63) is 29.6 Å². The van der Waals surface area contributed by atoms with Crippen LogP contribution in [0.5, 0.6) is 0 Å². The fourth-order valence-corrected chi connectivity index (χ4v) is 1.82. The molecule has 0 aliphatic rings. The number of carbonyl (C=O) groups excluding carboxylic acids is 1. The van der Waals surface area contributed by atoms with Gasteiger partial charge in [0.2, 0.25) is 0 Å². The normalized spacial score (nSPS) is 11.7. The van der Waals surface area contributed by atoms with Crippen LogP contribution in [0.4, 0.5) is 4.79 Å². The summed E-state index contributed by atoms with van der Waals surface area (Å²) in [5.41, 5.74) is 1.95. The second-order valence-electron chi connectivity index (χ2n) is 4.73. The third-order valence-electron chi connectivity index (χ3n) is 2.92. The van der Waals surface area contributed by atoms with Crippen molar-refractivity contribution in [3.63, 3.8) is 0 Å². The van der Waals surface area contributed by atoms with Gasteiger partial charge in [-0.25, -0.2) is 4.79 Å². The predicted octanol–water partition coefficient (Wildman–Crippen LogP) is 1.55. The fraction of sp³-hybridized carbons (Fsp3) is 0.500. The summed E-state index contributed by atoms with van der Waals surface area (Å²) in [7, 11) is 0. The molecule has 2 amide bonds. The van der Waals surface area contributed by atoms with E-state index in [4.69, 9.17) is 5.11 Å². The van der Waals surface area contributed by atoms with Gasteiger partial charge in [0, 0.05) is 19.2 Å². The van der Waals surface area contributed by atoms with Crippen molar-refractivity contribution in [3.8, 4) is 0 Å². The zero-order valence-corrected chi connectivity index (χ0v) is 11.8. The van der Waals surface area contributed by atoms with E-state index in [1.807, 2.05) is 19.1 Å². The van der Waals surface area contributed by atoms with E-state index in [2.05, 4.69) is 15.6 Å². The highest BCUT2D eigenvalue weighted by molar-refractivity contribution is 5.74. The van der Waals surface area contributed by atoms with Crippen molar-refractivity contribution in [1.82, 2.24) is 15.6 Å². The Hall–Kier alpha value is -2.11. The first-order valence-corrected chi connectivity index (χ1v) is 6.69. The number of pyridine rings is 1. The molecule has 0 aliphatic heterocycles. The zero-order chi connectivity index (χ0) is 15.0. The molecule has 1 unspecified atom stereocenters. The smallest absolute Gasteiger partial charge is 0.315 e. The van der Waals surface area contributed by atoms with Crippen molar-refractivity contribution in [2.75, 3.05) is 6.54 Å². The van der Waals surface area contributed by atoms with E-state index in [-0.39, 0.29) is 18.4 Å². The van der Waals surface area contributed by atoms with Crippen molar-refractivity contribution >= 4 is 12.0 Å². The lowest BCUT2D eigenvalue weighted by Gasteiger charge is -2.12. The minimum Gasteiger partial charge on any atom is -0.481 e. The molecule has 0 saturated heterocycles. The Bertz CT molecular complexity index is 463. The number of amides is 2. The van der Waals surface area contributed by atoms with Crippen LogP contribution >= 0.6 is 0 Å². The first-order chi connectivity index (χ1) is 9.52. The number of nitrogens with zero attached hydrogens (tertiary/aromatic N) is 1. The number of urea groups is 1. The summed E-state index contributed by atoms with van der Waals surface area (Å²) in [4.78, 5) is 26.3. The molecule has 0 aliphatic carbocycles. The number of carbonyl (C=O) groups is 2. The van der Waals surface area contributed by atoms with Gasteiger partial charge < -0.3 is 15.7 Å². The molecular weight excluding hydrogens is 258 g/mol. The van der Waals surface area contributed by atoms with Gasteiger partial charge in [-0.2, -0.15) is 0 Å². The van der Waals surface area contributed by atoms with E-state index in [9.17, 15) is 9.59 Å². The third kappa shape index (κ3) is 5.69. The molecule has 0 fully saturated rings. The largest absolute Gasteiger partial charge is 0.481 e. The molecule has 110 valence electrons. The molecule has 0 radical (unpaired) electrons. The molecule has 0 saturated carbocycles. The molecule has 0 spiro atoms. The molecule has 1 aromatic heterocycles. The maximum Gasteiger partial charge on any atom is 0.315 e.